The molecule has 6 N–H and O–H groups in total. The van der Waals surface area contributed by atoms with Crippen molar-refractivity contribution in [3.63, 3.8) is 0 Å². The first-order chi connectivity index (χ1) is 7.05. The summed E-state index contributed by atoms with van der Waals surface area (Å²) in [4.78, 5) is 0. The fraction of sp³-hybridized carbons (Fsp3) is 1.00. The van der Waals surface area contributed by atoms with Crippen LogP contribution in [0, 0.1) is 5.41 Å². The van der Waals surface area contributed by atoms with Gasteiger partial charge in [0.15, 0.2) is 0 Å². The highest BCUT2D eigenvalue weighted by Gasteiger charge is 2.29. The first kappa shape index (κ1) is 14.8. The summed E-state index contributed by atoms with van der Waals surface area (Å²) >= 11 is 0. The summed E-state index contributed by atoms with van der Waals surface area (Å²) in [6.07, 6.45) is -2.11. The number of hydrogen-bond donors (Lipinski definition) is 6. The molecule has 92 valence electrons. The summed E-state index contributed by atoms with van der Waals surface area (Å²) in [7, 11) is 0. The van der Waals surface area contributed by atoms with E-state index >= 15 is 0 Å². The number of hydrogen-bond acceptors (Lipinski definition) is 6. The van der Waals surface area contributed by atoms with Crippen LogP contribution in [0.3, 0.4) is 0 Å². The van der Waals surface area contributed by atoms with Crippen molar-refractivity contribution in [3.8, 4) is 0 Å². The lowest BCUT2D eigenvalue weighted by atomic mass is 9.84. The largest absolute Gasteiger partial charge is 0.396 e. The van der Waals surface area contributed by atoms with Crippen LogP contribution >= 0.6 is 0 Å². The van der Waals surface area contributed by atoms with Gasteiger partial charge in [0.25, 0.3) is 0 Å². The minimum Gasteiger partial charge on any atom is -0.396 e. The molecule has 0 saturated carbocycles. The first-order valence-corrected chi connectivity index (χ1v) is 4.85. The van der Waals surface area contributed by atoms with E-state index in [1.165, 1.54) is 0 Å². The van der Waals surface area contributed by atoms with E-state index in [2.05, 4.69) is 0 Å². The van der Waals surface area contributed by atoms with Crippen LogP contribution in [-0.4, -0.2) is 69.3 Å². The molecule has 0 aliphatic carbocycles. The van der Waals surface area contributed by atoms with Crippen molar-refractivity contribution < 1.29 is 30.6 Å². The molecule has 0 aliphatic heterocycles. The van der Waals surface area contributed by atoms with E-state index in [4.69, 9.17) is 25.5 Å². The molecule has 0 bridgehead atoms. The summed E-state index contributed by atoms with van der Waals surface area (Å²) in [5.74, 6) is 0. The van der Waals surface area contributed by atoms with Crippen molar-refractivity contribution in [2.24, 2.45) is 5.41 Å². The molecule has 0 radical (unpaired) electrons. The summed E-state index contributed by atoms with van der Waals surface area (Å²) < 4.78 is 0. The maximum absolute atomic E-state index is 9.31. The minimum atomic E-state index is -1.24. The Balaban J connectivity index is 4.10. The Kier molecular flexibility index (Phi) is 6.99. The molecule has 0 aromatic heterocycles. The Morgan fingerprint density at radius 3 is 1.60 bits per heavy atom. The lowest BCUT2D eigenvalue weighted by molar-refractivity contribution is -0.0433. The van der Waals surface area contributed by atoms with Gasteiger partial charge in [0.1, 0.15) is 6.10 Å². The summed E-state index contributed by atoms with van der Waals surface area (Å²) in [5, 5.41) is 53.8. The maximum atomic E-state index is 9.31. The van der Waals surface area contributed by atoms with Crippen molar-refractivity contribution in [1.29, 1.82) is 0 Å². The highest BCUT2D eigenvalue weighted by molar-refractivity contribution is 4.79. The zero-order valence-electron chi connectivity index (χ0n) is 8.58. The van der Waals surface area contributed by atoms with Gasteiger partial charge in [0.2, 0.25) is 0 Å². The summed E-state index contributed by atoms with van der Waals surface area (Å²) in [5.41, 5.74) is -1.05. The Bertz CT molecular complexity index is 150. The smallest absolute Gasteiger partial charge is 0.103 e. The second-order valence-corrected chi connectivity index (χ2v) is 3.83. The van der Waals surface area contributed by atoms with Crippen molar-refractivity contribution >= 4 is 0 Å². The van der Waals surface area contributed by atoms with Crippen molar-refractivity contribution in [2.75, 3.05) is 26.4 Å². The lowest BCUT2D eigenvalue weighted by Gasteiger charge is -2.28. The monoisotopic (exact) mass is 224 g/mol. The quantitative estimate of drug-likeness (QED) is 0.270. The van der Waals surface area contributed by atoms with E-state index in [0.717, 1.165) is 0 Å². The predicted molar refractivity (Wildman–Crippen MR) is 52.0 cm³/mol. The fourth-order valence-electron chi connectivity index (χ4n) is 1.16. The third-order valence-corrected chi connectivity index (χ3v) is 2.61. The Hall–Kier alpha value is -0.240. The van der Waals surface area contributed by atoms with E-state index < -0.39 is 44.1 Å². The van der Waals surface area contributed by atoms with Crippen LogP contribution in [-0.2, 0) is 0 Å². The van der Waals surface area contributed by atoms with Crippen LogP contribution in [0.1, 0.15) is 12.8 Å². The first-order valence-electron chi connectivity index (χ1n) is 4.85. The Morgan fingerprint density at radius 2 is 1.27 bits per heavy atom. The number of rotatable bonds is 8. The van der Waals surface area contributed by atoms with Crippen LogP contribution in [0.15, 0.2) is 0 Å². The molecule has 0 heterocycles. The molecular weight excluding hydrogens is 204 g/mol. The Morgan fingerprint density at radius 1 is 0.800 bits per heavy atom. The van der Waals surface area contributed by atoms with Crippen LogP contribution < -0.4 is 0 Å². The number of aliphatic hydroxyl groups is 6. The second kappa shape index (κ2) is 7.10. The van der Waals surface area contributed by atoms with Crippen LogP contribution in [0.25, 0.3) is 0 Å². The molecule has 2 unspecified atom stereocenters. The van der Waals surface area contributed by atoms with Gasteiger partial charge >= 0.3 is 0 Å². The summed E-state index contributed by atoms with van der Waals surface area (Å²) in [6, 6.07) is 0. The topological polar surface area (TPSA) is 121 Å². The van der Waals surface area contributed by atoms with Crippen molar-refractivity contribution in [3.05, 3.63) is 0 Å². The van der Waals surface area contributed by atoms with Gasteiger partial charge in [-0.2, -0.15) is 0 Å². The predicted octanol–water partition coefficient (Wildman–Crippen LogP) is -2.56. The maximum Gasteiger partial charge on any atom is 0.103 e. The zero-order valence-corrected chi connectivity index (χ0v) is 8.58. The van der Waals surface area contributed by atoms with E-state index in [1.807, 2.05) is 0 Å². The molecule has 6 nitrogen and oxygen atoms in total. The fourth-order valence-corrected chi connectivity index (χ4v) is 1.16. The molecule has 0 saturated heterocycles. The molecule has 15 heavy (non-hydrogen) atoms. The molecule has 0 fully saturated rings. The molecule has 0 amide bonds. The molecule has 0 spiro atoms. The van der Waals surface area contributed by atoms with Gasteiger partial charge in [0, 0.05) is 5.41 Å². The molecule has 0 aromatic carbocycles. The van der Waals surface area contributed by atoms with Gasteiger partial charge in [-0.15, -0.1) is 0 Å². The van der Waals surface area contributed by atoms with E-state index in [0.29, 0.717) is 0 Å². The highest BCUT2D eigenvalue weighted by Crippen LogP contribution is 2.23. The molecular formula is C9H20O6. The van der Waals surface area contributed by atoms with E-state index in [-0.39, 0.29) is 12.8 Å². The lowest BCUT2D eigenvalue weighted by Crippen LogP contribution is -2.37. The van der Waals surface area contributed by atoms with Crippen molar-refractivity contribution in [2.45, 2.75) is 25.0 Å². The second-order valence-electron chi connectivity index (χ2n) is 3.83. The van der Waals surface area contributed by atoms with Gasteiger partial charge in [-0.05, 0) is 12.8 Å². The molecule has 0 aliphatic rings. The highest BCUT2D eigenvalue weighted by atomic mass is 16.4. The van der Waals surface area contributed by atoms with Crippen molar-refractivity contribution in [1.82, 2.24) is 0 Å². The standard InChI is InChI=1S/C9H20O6/c10-3-8(15)7(14)1-2-9(4-11,5-12)6-13/h7-8,10-15H,1-6H2. The molecule has 2 atom stereocenters. The minimum absolute atomic E-state index is 0.0867. The van der Waals surface area contributed by atoms with Gasteiger partial charge in [-0.25, -0.2) is 0 Å². The average Bonchev–Trinajstić information content (AvgIpc) is 2.30. The third-order valence-electron chi connectivity index (χ3n) is 2.61. The van der Waals surface area contributed by atoms with Gasteiger partial charge in [0.05, 0.1) is 32.5 Å². The van der Waals surface area contributed by atoms with Gasteiger partial charge < -0.3 is 30.6 Å². The Labute approximate surface area is 88.4 Å². The molecule has 0 aromatic rings. The third kappa shape index (κ3) is 4.42. The van der Waals surface area contributed by atoms with Crippen LogP contribution in [0.4, 0.5) is 0 Å². The number of aliphatic hydroxyl groups excluding tert-OH is 6. The molecule has 6 heteroatoms. The van der Waals surface area contributed by atoms with Crippen LogP contribution in [0.2, 0.25) is 0 Å². The zero-order chi connectivity index (χ0) is 11.9. The van der Waals surface area contributed by atoms with E-state index in [9.17, 15) is 5.11 Å². The summed E-state index contributed by atoms with van der Waals surface area (Å²) in [6.45, 7) is -1.75. The van der Waals surface area contributed by atoms with Gasteiger partial charge in [-0.1, -0.05) is 0 Å². The van der Waals surface area contributed by atoms with E-state index in [1.54, 1.807) is 0 Å². The average molecular weight is 224 g/mol. The molecule has 0 rings (SSSR count). The van der Waals surface area contributed by atoms with Gasteiger partial charge in [-0.3, -0.25) is 0 Å². The normalized spacial score (nSPS) is 16.4. The van der Waals surface area contributed by atoms with Crippen LogP contribution in [0.5, 0.6) is 0 Å². The SMILES string of the molecule is OCC(O)C(O)CCC(CO)(CO)CO.